The van der Waals surface area contributed by atoms with Gasteiger partial charge >= 0.3 is 0 Å². The number of benzene rings is 1. The van der Waals surface area contributed by atoms with Crippen LogP contribution in [0.2, 0.25) is 5.02 Å². The van der Waals surface area contributed by atoms with Gasteiger partial charge in [-0.05, 0) is 24.1 Å². The Hall–Kier alpha value is -0.990. The Morgan fingerprint density at radius 3 is 3.07 bits per heavy atom. The molecule has 0 saturated heterocycles. The Balaban J connectivity index is 2.28. The van der Waals surface area contributed by atoms with Crippen LogP contribution in [0, 0.1) is 0 Å². The zero-order valence-electron chi connectivity index (χ0n) is 7.68. The molecule has 0 radical (unpaired) electrons. The van der Waals surface area contributed by atoms with Crippen LogP contribution >= 0.6 is 11.6 Å². The molecule has 3 rings (SSSR count). The molecular weight excluding hydrogens is 196 g/mol. The smallest absolute Gasteiger partial charge is 0.0473 e. The molecule has 1 aliphatic carbocycles. The lowest BCUT2D eigenvalue weighted by molar-refractivity contribution is 0.716. The highest BCUT2D eigenvalue weighted by molar-refractivity contribution is 6.31. The predicted molar refractivity (Wildman–Crippen MR) is 58.7 cm³/mol. The fourth-order valence-electron chi connectivity index (χ4n) is 2.29. The van der Waals surface area contributed by atoms with Crippen LogP contribution in [0.4, 0.5) is 0 Å². The zero-order valence-corrected chi connectivity index (χ0v) is 8.43. The van der Waals surface area contributed by atoms with Crippen LogP contribution in [0.15, 0.2) is 18.2 Å². The first-order chi connectivity index (χ1) is 6.74. The van der Waals surface area contributed by atoms with Crippen LogP contribution < -0.4 is 5.73 Å². The number of fused-ring (bicyclic) bond motifs is 3. The van der Waals surface area contributed by atoms with Crippen LogP contribution in [0.1, 0.15) is 11.3 Å². The van der Waals surface area contributed by atoms with Crippen LogP contribution in [0.5, 0.6) is 0 Å². The van der Waals surface area contributed by atoms with Crippen molar-refractivity contribution in [2.45, 2.75) is 18.9 Å². The van der Waals surface area contributed by atoms with E-state index in [1.165, 1.54) is 16.6 Å². The zero-order chi connectivity index (χ0) is 9.71. The topological polar surface area (TPSA) is 41.8 Å². The van der Waals surface area contributed by atoms with Gasteiger partial charge in [0.2, 0.25) is 0 Å². The first-order valence-electron chi connectivity index (χ1n) is 4.78. The molecule has 0 aliphatic heterocycles. The van der Waals surface area contributed by atoms with E-state index < -0.39 is 0 Å². The summed E-state index contributed by atoms with van der Waals surface area (Å²) in [5, 5.41) is 2.05. The summed E-state index contributed by atoms with van der Waals surface area (Å²) >= 11 is 5.93. The number of hydrogen-bond acceptors (Lipinski definition) is 1. The summed E-state index contributed by atoms with van der Waals surface area (Å²) in [6, 6.07) is 6.27. The van der Waals surface area contributed by atoms with Crippen molar-refractivity contribution >= 4 is 22.5 Å². The molecule has 1 heterocycles. The minimum absolute atomic E-state index is 0.288. The highest BCUT2D eigenvalue weighted by atomic mass is 35.5. The maximum Gasteiger partial charge on any atom is 0.0473 e. The molecular formula is C11H11ClN2. The third kappa shape index (κ3) is 1.08. The average Bonchev–Trinajstić information content (AvgIpc) is 2.59. The van der Waals surface area contributed by atoms with E-state index >= 15 is 0 Å². The predicted octanol–water partition coefficient (Wildman–Crippen LogP) is 2.25. The molecule has 0 saturated carbocycles. The molecule has 1 aliphatic rings. The van der Waals surface area contributed by atoms with Gasteiger partial charge in [0, 0.05) is 34.1 Å². The van der Waals surface area contributed by atoms with Crippen molar-refractivity contribution in [2.75, 3.05) is 0 Å². The number of H-pyrrole nitrogens is 1. The van der Waals surface area contributed by atoms with Gasteiger partial charge in [-0.3, -0.25) is 0 Å². The van der Waals surface area contributed by atoms with E-state index in [2.05, 4.69) is 11.1 Å². The van der Waals surface area contributed by atoms with Crippen molar-refractivity contribution in [3.63, 3.8) is 0 Å². The van der Waals surface area contributed by atoms with Gasteiger partial charge < -0.3 is 10.7 Å². The number of rotatable bonds is 0. The second kappa shape index (κ2) is 2.75. The second-order valence-electron chi connectivity index (χ2n) is 3.94. The molecule has 72 valence electrons. The van der Waals surface area contributed by atoms with E-state index in [1.807, 2.05) is 12.1 Å². The average molecular weight is 207 g/mol. The molecule has 0 spiro atoms. The molecule has 3 N–H and O–H groups in total. The molecule has 0 amide bonds. The van der Waals surface area contributed by atoms with Gasteiger partial charge in [-0.25, -0.2) is 0 Å². The Morgan fingerprint density at radius 2 is 2.21 bits per heavy atom. The lowest BCUT2D eigenvalue weighted by Gasteiger charge is -1.99. The van der Waals surface area contributed by atoms with E-state index in [0.29, 0.717) is 0 Å². The Morgan fingerprint density at radius 1 is 1.36 bits per heavy atom. The summed E-state index contributed by atoms with van der Waals surface area (Å²) in [5.74, 6) is 0. The number of aromatic nitrogens is 1. The lowest BCUT2D eigenvalue weighted by atomic mass is 10.1. The first kappa shape index (κ1) is 8.33. The van der Waals surface area contributed by atoms with Crippen molar-refractivity contribution in [3.8, 4) is 0 Å². The van der Waals surface area contributed by atoms with Crippen molar-refractivity contribution < 1.29 is 0 Å². The summed E-state index contributed by atoms with van der Waals surface area (Å²) in [7, 11) is 0. The molecule has 14 heavy (non-hydrogen) atoms. The number of nitrogens with one attached hydrogen (secondary N) is 1. The van der Waals surface area contributed by atoms with Gasteiger partial charge in [0.1, 0.15) is 0 Å². The van der Waals surface area contributed by atoms with Crippen molar-refractivity contribution in [3.05, 3.63) is 34.5 Å². The molecule has 1 atom stereocenters. The number of aromatic amines is 1. The molecule has 2 nitrogen and oxygen atoms in total. The van der Waals surface area contributed by atoms with E-state index in [0.717, 1.165) is 23.4 Å². The fraction of sp³-hybridized carbons (Fsp3) is 0.273. The molecule has 1 aromatic heterocycles. The van der Waals surface area contributed by atoms with E-state index in [-0.39, 0.29) is 6.04 Å². The molecule has 1 unspecified atom stereocenters. The third-order valence-electron chi connectivity index (χ3n) is 2.89. The van der Waals surface area contributed by atoms with E-state index in [4.69, 9.17) is 17.3 Å². The third-order valence-corrected chi connectivity index (χ3v) is 3.12. The molecule has 2 aromatic rings. The minimum Gasteiger partial charge on any atom is -0.358 e. The summed E-state index contributed by atoms with van der Waals surface area (Å²) in [6.45, 7) is 0. The molecule has 1 aromatic carbocycles. The largest absolute Gasteiger partial charge is 0.358 e. The van der Waals surface area contributed by atoms with Crippen LogP contribution in [-0.4, -0.2) is 11.0 Å². The summed E-state index contributed by atoms with van der Waals surface area (Å²) in [5.41, 5.74) is 9.70. The van der Waals surface area contributed by atoms with Gasteiger partial charge in [0.05, 0.1) is 0 Å². The lowest BCUT2D eigenvalue weighted by Crippen LogP contribution is -2.19. The summed E-state index contributed by atoms with van der Waals surface area (Å²) in [6.07, 6.45) is 1.94. The van der Waals surface area contributed by atoms with Crippen molar-refractivity contribution in [1.29, 1.82) is 0 Å². The fourth-order valence-corrected chi connectivity index (χ4v) is 2.46. The van der Waals surface area contributed by atoms with Crippen molar-refractivity contribution in [1.82, 2.24) is 4.98 Å². The molecule has 3 heteroatoms. The first-order valence-corrected chi connectivity index (χ1v) is 5.16. The van der Waals surface area contributed by atoms with Crippen LogP contribution in [-0.2, 0) is 12.8 Å². The van der Waals surface area contributed by atoms with Crippen LogP contribution in [0.25, 0.3) is 10.9 Å². The quantitative estimate of drug-likeness (QED) is 0.682. The maximum atomic E-state index is 5.93. The highest BCUT2D eigenvalue weighted by Gasteiger charge is 2.22. The van der Waals surface area contributed by atoms with Crippen molar-refractivity contribution in [2.24, 2.45) is 5.73 Å². The van der Waals surface area contributed by atoms with Crippen LogP contribution in [0.3, 0.4) is 0 Å². The number of hydrogen-bond donors (Lipinski definition) is 2. The van der Waals surface area contributed by atoms with Gasteiger partial charge in [0.15, 0.2) is 0 Å². The summed E-state index contributed by atoms with van der Waals surface area (Å²) in [4.78, 5) is 3.38. The maximum absolute atomic E-state index is 5.93. The van der Waals surface area contributed by atoms with Gasteiger partial charge in [0.25, 0.3) is 0 Å². The molecule has 0 fully saturated rings. The second-order valence-corrected chi connectivity index (χ2v) is 4.38. The van der Waals surface area contributed by atoms with Gasteiger partial charge in [-0.1, -0.05) is 17.7 Å². The SMILES string of the molecule is NC1Cc2[nH]c3cc(Cl)ccc3c2C1. The van der Waals surface area contributed by atoms with Gasteiger partial charge in [-0.2, -0.15) is 0 Å². The monoisotopic (exact) mass is 206 g/mol. The van der Waals surface area contributed by atoms with E-state index in [9.17, 15) is 0 Å². The summed E-state index contributed by atoms with van der Waals surface area (Å²) < 4.78 is 0. The Bertz CT molecular complexity index is 501. The number of halogens is 1. The normalized spacial score (nSPS) is 20.3. The molecule has 0 bridgehead atoms. The highest BCUT2D eigenvalue weighted by Crippen LogP contribution is 2.30. The standard InChI is InChI=1S/C11H11ClN2/c12-6-1-2-8-9-4-7(13)5-11(9)14-10(8)3-6/h1-3,7,14H,4-5,13H2. The Kier molecular flexibility index (Phi) is 1.64. The number of nitrogens with two attached hydrogens (primary N) is 1. The van der Waals surface area contributed by atoms with Gasteiger partial charge in [-0.15, -0.1) is 0 Å². The minimum atomic E-state index is 0.288. The van der Waals surface area contributed by atoms with E-state index in [1.54, 1.807) is 0 Å². The Labute approximate surface area is 87.1 Å².